The molecule has 3 rings (SSSR count). The lowest BCUT2D eigenvalue weighted by atomic mass is 9.72. The van der Waals surface area contributed by atoms with Gasteiger partial charge in [-0.1, -0.05) is 0 Å². The number of ether oxygens (including phenoxy) is 3. The van der Waals surface area contributed by atoms with Crippen LogP contribution in [0.15, 0.2) is 0 Å². The van der Waals surface area contributed by atoms with Gasteiger partial charge in [-0.15, -0.1) is 0 Å². The molecule has 0 aromatic heterocycles. The predicted octanol–water partition coefficient (Wildman–Crippen LogP) is -0.425. The first-order chi connectivity index (χ1) is 10.6. The summed E-state index contributed by atoms with van der Waals surface area (Å²) in [7, 11) is -3.28. The van der Waals surface area contributed by atoms with Crippen molar-refractivity contribution in [1.82, 2.24) is 9.62 Å². The van der Waals surface area contributed by atoms with Crippen LogP contribution in [0.2, 0.25) is 0 Å². The van der Waals surface area contributed by atoms with Gasteiger partial charge in [-0.2, -0.15) is 0 Å². The predicted molar refractivity (Wildman–Crippen MR) is 81.3 cm³/mol. The van der Waals surface area contributed by atoms with Crippen LogP contribution in [0, 0.1) is 0 Å². The van der Waals surface area contributed by atoms with E-state index in [2.05, 4.69) is 9.62 Å². The molecule has 7 nitrogen and oxygen atoms in total. The molecule has 3 fully saturated rings. The minimum atomic E-state index is -3.28. The maximum atomic E-state index is 12.2. The van der Waals surface area contributed by atoms with Crippen LogP contribution in [-0.2, 0) is 24.2 Å². The van der Waals surface area contributed by atoms with Crippen molar-refractivity contribution in [3.63, 3.8) is 0 Å². The molecule has 0 amide bonds. The van der Waals surface area contributed by atoms with Crippen molar-refractivity contribution >= 4 is 10.0 Å². The molecule has 1 saturated carbocycles. The van der Waals surface area contributed by atoms with Crippen LogP contribution in [0.25, 0.3) is 0 Å². The van der Waals surface area contributed by atoms with E-state index in [4.69, 9.17) is 14.2 Å². The highest BCUT2D eigenvalue weighted by atomic mass is 32.2. The topological polar surface area (TPSA) is 77.1 Å². The standard InChI is InChI=1S/C14H26N2O5S/c1-2-21-12-7-14(8-12,16-3-5-19-6-4-16)11-15-22(17,18)13-9-20-10-13/h12-13,15H,2-11H2,1H3. The zero-order valence-electron chi connectivity index (χ0n) is 13.1. The van der Waals surface area contributed by atoms with Gasteiger partial charge in [0, 0.05) is 31.8 Å². The SMILES string of the molecule is CCOC1CC(CNS(=O)(=O)C2COC2)(N2CCOCC2)C1. The maximum Gasteiger partial charge on any atom is 0.219 e. The lowest BCUT2D eigenvalue weighted by molar-refractivity contribution is -0.124. The Morgan fingerprint density at radius 1 is 1.23 bits per heavy atom. The van der Waals surface area contributed by atoms with Crippen LogP contribution in [0.3, 0.4) is 0 Å². The summed E-state index contributed by atoms with van der Waals surface area (Å²) >= 11 is 0. The molecule has 1 aliphatic carbocycles. The second-order valence-corrected chi connectivity index (χ2v) is 8.38. The third-order valence-corrected chi connectivity index (χ3v) is 6.64. The highest BCUT2D eigenvalue weighted by molar-refractivity contribution is 7.90. The lowest BCUT2D eigenvalue weighted by Crippen LogP contribution is -2.67. The number of nitrogens with one attached hydrogen (secondary N) is 1. The minimum absolute atomic E-state index is 0.124. The van der Waals surface area contributed by atoms with Gasteiger partial charge < -0.3 is 14.2 Å². The first-order valence-electron chi connectivity index (χ1n) is 8.06. The Hall–Kier alpha value is -0.250. The summed E-state index contributed by atoms with van der Waals surface area (Å²) in [6, 6.07) is 0. The number of hydrogen-bond donors (Lipinski definition) is 1. The first-order valence-corrected chi connectivity index (χ1v) is 9.61. The third-order valence-electron chi connectivity index (χ3n) is 4.95. The van der Waals surface area contributed by atoms with E-state index >= 15 is 0 Å². The molecule has 2 saturated heterocycles. The van der Waals surface area contributed by atoms with Gasteiger partial charge >= 0.3 is 0 Å². The van der Waals surface area contributed by atoms with E-state index in [-0.39, 0.29) is 11.6 Å². The van der Waals surface area contributed by atoms with Crippen molar-refractivity contribution in [1.29, 1.82) is 0 Å². The van der Waals surface area contributed by atoms with Gasteiger partial charge in [-0.05, 0) is 19.8 Å². The Labute approximate surface area is 132 Å². The van der Waals surface area contributed by atoms with E-state index in [1.165, 1.54) is 0 Å². The van der Waals surface area contributed by atoms with E-state index < -0.39 is 15.3 Å². The molecule has 8 heteroatoms. The first kappa shape index (κ1) is 16.6. The van der Waals surface area contributed by atoms with E-state index in [9.17, 15) is 8.42 Å². The Balaban J connectivity index is 1.61. The molecule has 0 unspecified atom stereocenters. The highest BCUT2D eigenvalue weighted by Crippen LogP contribution is 2.40. The number of hydrogen-bond acceptors (Lipinski definition) is 6. The Kier molecular flexibility index (Phi) is 5.06. The number of morpholine rings is 1. The summed E-state index contributed by atoms with van der Waals surface area (Å²) in [5, 5.41) is -0.392. The van der Waals surface area contributed by atoms with Gasteiger partial charge in [0.1, 0.15) is 5.25 Å². The van der Waals surface area contributed by atoms with Gasteiger partial charge in [0.2, 0.25) is 10.0 Å². The summed E-state index contributed by atoms with van der Waals surface area (Å²) in [5.41, 5.74) is -0.124. The summed E-state index contributed by atoms with van der Waals surface area (Å²) in [4.78, 5) is 2.37. The van der Waals surface area contributed by atoms with Crippen molar-refractivity contribution in [3.05, 3.63) is 0 Å². The summed E-state index contributed by atoms with van der Waals surface area (Å²) in [6.45, 7) is 6.90. The smallest absolute Gasteiger partial charge is 0.219 e. The molecule has 0 spiro atoms. The molecule has 0 atom stereocenters. The lowest BCUT2D eigenvalue weighted by Gasteiger charge is -2.55. The highest BCUT2D eigenvalue weighted by Gasteiger charge is 2.50. The molecule has 0 bridgehead atoms. The van der Waals surface area contributed by atoms with Crippen LogP contribution >= 0.6 is 0 Å². The Morgan fingerprint density at radius 3 is 2.45 bits per heavy atom. The monoisotopic (exact) mass is 334 g/mol. The fraction of sp³-hybridized carbons (Fsp3) is 1.00. The molecule has 0 aromatic rings. The van der Waals surface area contributed by atoms with Crippen LogP contribution in [0.5, 0.6) is 0 Å². The average molecular weight is 334 g/mol. The fourth-order valence-corrected chi connectivity index (χ4v) is 4.70. The van der Waals surface area contributed by atoms with Crippen LogP contribution in [0.4, 0.5) is 0 Å². The van der Waals surface area contributed by atoms with Gasteiger partial charge in [0.25, 0.3) is 0 Å². The van der Waals surface area contributed by atoms with Crippen LogP contribution in [-0.4, -0.2) is 82.9 Å². The second-order valence-electron chi connectivity index (χ2n) is 6.33. The number of nitrogens with zero attached hydrogens (tertiary/aromatic N) is 1. The second kappa shape index (κ2) is 6.70. The molecule has 0 radical (unpaired) electrons. The zero-order chi connectivity index (χ0) is 15.6. The molecule has 1 N–H and O–H groups in total. The van der Waals surface area contributed by atoms with Crippen molar-refractivity contribution in [2.45, 2.75) is 36.7 Å². The Bertz CT molecular complexity index is 468. The van der Waals surface area contributed by atoms with Crippen molar-refractivity contribution < 1.29 is 22.6 Å². The van der Waals surface area contributed by atoms with Crippen molar-refractivity contribution in [2.24, 2.45) is 0 Å². The quantitative estimate of drug-likeness (QED) is 0.681. The molecular formula is C14H26N2O5S. The molecule has 3 aliphatic rings. The number of rotatable bonds is 7. The van der Waals surface area contributed by atoms with E-state index in [1.54, 1.807) is 0 Å². The summed E-state index contributed by atoms with van der Waals surface area (Å²) in [6.07, 6.45) is 2.00. The van der Waals surface area contributed by atoms with Crippen LogP contribution in [0.1, 0.15) is 19.8 Å². The normalized spacial score (nSPS) is 34.1. The summed E-state index contributed by atoms with van der Waals surface area (Å²) < 4.78 is 43.4. The minimum Gasteiger partial charge on any atom is -0.379 e. The van der Waals surface area contributed by atoms with Gasteiger partial charge in [-0.25, -0.2) is 13.1 Å². The molecule has 128 valence electrons. The Morgan fingerprint density at radius 2 is 1.91 bits per heavy atom. The molecule has 0 aromatic carbocycles. The van der Waals surface area contributed by atoms with Gasteiger partial charge in [-0.3, -0.25) is 4.90 Å². The fourth-order valence-electron chi connectivity index (χ4n) is 3.44. The summed E-state index contributed by atoms with van der Waals surface area (Å²) in [5.74, 6) is 0. The zero-order valence-corrected chi connectivity index (χ0v) is 13.9. The van der Waals surface area contributed by atoms with E-state index in [0.717, 1.165) is 25.9 Å². The van der Waals surface area contributed by atoms with Gasteiger partial charge in [0.05, 0.1) is 32.5 Å². The molecule has 22 heavy (non-hydrogen) atoms. The maximum absolute atomic E-state index is 12.2. The number of sulfonamides is 1. The van der Waals surface area contributed by atoms with E-state index in [0.29, 0.717) is 39.6 Å². The van der Waals surface area contributed by atoms with Crippen LogP contribution < -0.4 is 4.72 Å². The van der Waals surface area contributed by atoms with Gasteiger partial charge in [0.15, 0.2) is 0 Å². The molecule has 2 heterocycles. The molecule has 2 aliphatic heterocycles. The van der Waals surface area contributed by atoms with Crippen molar-refractivity contribution in [3.8, 4) is 0 Å². The third kappa shape index (κ3) is 3.32. The average Bonchev–Trinajstić information content (AvgIpc) is 2.40. The molecular weight excluding hydrogens is 308 g/mol. The van der Waals surface area contributed by atoms with Crippen molar-refractivity contribution in [2.75, 3.05) is 52.7 Å². The largest absolute Gasteiger partial charge is 0.379 e. The van der Waals surface area contributed by atoms with E-state index in [1.807, 2.05) is 6.92 Å².